The summed E-state index contributed by atoms with van der Waals surface area (Å²) >= 11 is 0. The molecule has 0 spiro atoms. The number of hydrogen-bond donors (Lipinski definition) is 1. The molecule has 1 saturated carbocycles. The maximum atomic E-state index is 14.5. The van der Waals surface area contributed by atoms with Gasteiger partial charge in [-0.25, -0.2) is 4.39 Å². The second-order valence-corrected chi connectivity index (χ2v) is 6.48. The van der Waals surface area contributed by atoms with Crippen molar-refractivity contribution < 1.29 is 30.7 Å². The van der Waals surface area contributed by atoms with E-state index in [1.54, 1.807) is 4.90 Å². The molecule has 0 bridgehead atoms. The Hall–Kier alpha value is -0.770. The Bertz CT molecular complexity index is 639. The van der Waals surface area contributed by atoms with Gasteiger partial charge in [0.1, 0.15) is 5.82 Å². The molecule has 0 aromatic heterocycles. The van der Waals surface area contributed by atoms with E-state index in [4.69, 9.17) is 0 Å². The maximum Gasteiger partial charge on any atom is 0.416 e. The Morgan fingerprint density at radius 2 is 1.48 bits per heavy atom. The molecule has 2 nitrogen and oxygen atoms in total. The first-order valence-corrected chi connectivity index (χ1v) is 8.01. The number of benzene rings is 1. The summed E-state index contributed by atoms with van der Waals surface area (Å²) in [5.41, 5.74) is -3.78. The van der Waals surface area contributed by atoms with E-state index in [0.717, 1.165) is 0 Å². The molecule has 1 aliphatic carbocycles. The second kappa shape index (κ2) is 8.71. The van der Waals surface area contributed by atoms with E-state index in [1.165, 1.54) is 0 Å². The number of piperazine rings is 1. The third kappa shape index (κ3) is 5.40. The van der Waals surface area contributed by atoms with E-state index in [1.807, 2.05) is 0 Å². The highest BCUT2D eigenvalue weighted by atomic mass is 35.5. The molecule has 156 valence electrons. The zero-order chi connectivity index (χ0) is 18.4. The number of rotatable bonds is 3. The summed E-state index contributed by atoms with van der Waals surface area (Å²) in [5.74, 6) is -1.59. The molecule has 1 aromatic rings. The van der Waals surface area contributed by atoms with Gasteiger partial charge < -0.3 is 5.32 Å². The molecule has 2 aliphatic rings. The predicted molar refractivity (Wildman–Crippen MR) is 90.8 cm³/mol. The van der Waals surface area contributed by atoms with Crippen molar-refractivity contribution in [3.8, 4) is 0 Å². The Labute approximate surface area is 164 Å². The SMILES string of the molecule is Cl.Cl.Fc1cc(C(F)(F)F)cc(C(F)(F)F)c1[C@@H](C1CC1)N1CCNCC1. The van der Waals surface area contributed by atoms with Crippen molar-refractivity contribution in [3.63, 3.8) is 0 Å². The van der Waals surface area contributed by atoms with Crippen LogP contribution >= 0.6 is 24.8 Å². The van der Waals surface area contributed by atoms with Crippen molar-refractivity contribution in [1.82, 2.24) is 10.2 Å². The van der Waals surface area contributed by atoms with E-state index in [2.05, 4.69) is 5.32 Å². The van der Waals surface area contributed by atoms with Gasteiger partial charge in [-0.1, -0.05) is 0 Å². The molecule has 0 amide bonds. The Balaban J connectivity index is 0.00000182. The van der Waals surface area contributed by atoms with Gasteiger partial charge in [-0.3, -0.25) is 4.90 Å². The zero-order valence-corrected chi connectivity index (χ0v) is 15.6. The normalized spacial score (nSPS) is 19.8. The minimum atomic E-state index is -5.06. The first-order chi connectivity index (χ1) is 11.6. The van der Waals surface area contributed by atoms with Crippen LogP contribution in [0.25, 0.3) is 0 Å². The fourth-order valence-corrected chi connectivity index (χ4v) is 3.41. The van der Waals surface area contributed by atoms with Gasteiger partial charge in [-0.05, 0) is 30.9 Å². The lowest BCUT2D eigenvalue weighted by Gasteiger charge is -2.37. The highest BCUT2D eigenvalue weighted by Gasteiger charge is 2.46. The van der Waals surface area contributed by atoms with Crippen LogP contribution in [0.3, 0.4) is 0 Å². The van der Waals surface area contributed by atoms with Crippen LogP contribution < -0.4 is 5.32 Å². The molecule has 1 atom stereocenters. The Morgan fingerprint density at radius 3 is 1.93 bits per heavy atom. The number of nitrogens with one attached hydrogen (secondary N) is 1. The molecular weight excluding hydrogens is 424 g/mol. The maximum absolute atomic E-state index is 14.5. The zero-order valence-electron chi connectivity index (χ0n) is 14.0. The van der Waals surface area contributed by atoms with Crippen LogP contribution in [0.15, 0.2) is 12.1 Å². The van der Waals surface area contributed by atoms with E-state index in [9.17, 15) is 30.7 Å². The fourth-order valence-electron chi connectivity index (χ4n) is 3.41. The van der Waals surface area contributed by atoms with Crippen molar-refractivity contribution in [2.45, 2.75) is 31.2 Å². The molecule has 0 unspecified atom stereocenters. The number of halogens is 9. The number of alkyl halides is 6. The third-order valence-corrected chi connectivity index (χ3v) is 4.67. The molecular formula is C16H19Cl2F7N2. The van der Waals surface area contributed by atoms with E-state index >= 15 is 0 Å². The topological polar surface area (TPSA) is 15.3 Å². The molecule has 1 heterocycles. The van der Waals surface area contributed by atoms with Gasteiger partial charge in [0, 0.05) is 37.8 Å². The van der Waals surface area contributed by atoms with Crippen LogP contribution in [-0.4, -0.2) is 31.1 Å². The van der Waals surface area contributed by atoms with Crippen molar-refractivity contribution in [2.24, 2.45) is 5.92 Å². The van der Waals surface area contributed by atoms with E-state index in [0.29, 0.717) is 39.0 Å². The second-order valence-electron chi connectivity index (χ2n) is 6.48. The van der Waals surface area contributed by atoms with Gasteiger partial charge in [0.25, 0.3) is 0 Å². The summed E-state index contributed by atoms with van der Waals surface area (Å²) in [7, 11) is 0. The number of hydrogen-bond acceptors (Lipinski definition) is 2. The van der Waals surface area contributed by atoms with Gasteiger partial charge in [0.2, 0.25) is 0 Å². The van der Waals surface area contributed by atoms with Crippen molar-refractivity contribution in [3.05, 3.63) is 34.6 Å². The molecule has 27 heavy (non-hydrogen) atoms. The van der Waals surface area contributed by atoms with Crippen molar-refractivity contribution >= 4 is 24.8 Å². The van der Waals surface area contributed by atoms with Gasteiger partial charge in [0.15, 0.2) is 0 Å². The highest BCUT2D eigenvalue weighted by molar-refractivity contribution is 5.85. The first kappa shape index (κ1) is 24.3. The quantitative estimate of drug-likeness (QED) is 0.657. The summed E-state index contributed by atoms with van der Waals surface area (Å²) in [6.45, 7) is 1.96. The van der Waals surface area contributed by atoms with Gasteiger partial charge in [-0.2, -0.15) is 26.3 Å². The van der Waals surface area contributed by atoms with Crippen molar-refractivity contribution in [2.75, 3.05) is 26.2 Å². The molecule has 1 saturated heterocycles. The van der Waals surface area contributed by atoms with Gasteiger partial charge >= 0.3 is 12.4 Å². The number of nitrogens with zero attached hydrogens (tertiary/aromatic N) is 1. The molecule has 2 fully saturated rings. The first-order valence-electron chi connectivity index (χ1n) is 8.01. The predicted octanol–water partition coefficient (Wildman–Crippen LogP) is 5.06. The minimum absolute atomic E-state index is 0. The summed E-state index contributed by atoms with van der Waals surface area (Å²) in [5, 5.41) is 3.06. The summed E-state index contributed by atoms with van der Waals surface area (Å²) in [6, 6.07) is -0.626. The van der Waals surface area contributed by atoms with Crippen LogP contribution in [0.4, 0.5) is 30.7 Å². The van der Waals surface area contributed by atoms with E-state index < -0.39 is 40.9 Å². The largest absolute Gasteiger partial charge is 0.416 e. The summed E-state index contributed by atoms with van der Waals surface area (Å²) < 4.78 is 93.4. The van der Waals surface area contributed by atoms with Crippen LogP contribution in [0.2, 0.25) is 0 Å². The minimum Gasteiger partial charge on any atom is -0.314 e. The fraction of sp³-hybridized carbons (Fsp3) is 0.625. The van der Waals surface area contributed by atoms with Crippen LogP contribution in [0.1, 0.15) is 35.6 Å². The Morgan fingerprint density at radius 1 is 0.926 bits per heavy atom. The van der Waals surface area contributed by atoms with Gasteiger partial charge in [-0.15, -0.1) is 24.8 Å². The van der Waals surface area contributed by atoms with Gasteiger partial charge in [0.05, 0.1) is 11.1 Å². The van der Waals surface area contributed by atoms with Crippen LogP contribution in [0.5, 0.6) is 0 Å². The van der Waals surface area contributed by atoms with Crippen molar-refractivity contribution in [1.29, 1.82) is 0 Å². The summed E-state index contributed by atoms with van der Waals surface area (Å²) in [4.78, 5) is 1.75. The molecule has 0 radical (unpaired) electrons. The monoisotopic (exact) mass is 442 g/mol. The average molecular weight is 443 g/mol. The lowest BCUT2D eigenvalue weighted by atomic mass is 9.92. The Kier molecular flexibility index (Phi) is 7.83. The molecule has 3 rings (SSSR count). The lowest BCUT2D eigenvalue weighted by Crippen LogP contribution is -2.46. The molecule has 1 N–H and O–H groups in total. The molecule has 1 aromatic carbocycles. The van der Waals surface area contributed by atoms with Crippen LogP contribution in [0, 0.1) is 11.7 Å². The highest BCUT2D eigenvalue weighted by Crippen LogP contribution is 2.49. The van der Waals surface area contributed by atoms with E-state index in [-0.39, 0.29) is 42.9 Å². The standard InChI is InChI=1S/C16H17F7N2.2ClH/c17-12-8-10(15(18,19)20)7-11(16(21,22)23)13(12)14(9-1-2-9)25-5-3-24-4-6-25;;/h7-9,14,24H,1-6H2;2*1H/t14-;;/m1../s1. The third-order valence-electron chi connectivity index (χ3n) is 4.67. The smallest absolute Gasteiger partial charge is 0.314 e. The lowest BCUT2D eigenvalue weighted by molar-refractivity contribution is -0.144. The molecule has 11 heteroatoms. The van der Waals surface area contributed by atoms with Crippen LogP contribution in [-0.2, 0) is 12.4 Å². The average Bonchev–Trinajstić information content (AvgIpc) is 3.32. The molecule has 1 aliphatic heterocycles. The summed E-state index contributed by atoms with van der Waals surface area (Å²) in [6.07, 6.45) is -8.80.